The Labute approximate surface area is 163 Å². The largest absolute Gasteiger partial charge is 0.497 e. The first-order valence-electron chi connectivity index (χ1n) is 9.12. The molecule has 7 heteroatoms. The smallest absolute Gasteiger partial charge is 0.225 e. The van der Waals surface area contributed by atoms with Crippen molar-refractivity contribution in [3.05, 3.63) is 59.9 Å². The van der Waals surface area contributed by atoms with Crippen molar-refractivity contribution in [1.82, 2.24) is 10.2 Å². The predicted molar refractivity (Wildman–Crippen MR) is 101 cm³/mol. The quantitative estimate of drug-likeness (QED) is 0.756. The molecule has 1 aliphatic rings. The van der Waals surface area contributed by atoms with Gasteiger partial charge in [-0.15, -0.1) is 0 Å². The third kappa shape index (κ3) is 5.22. The molecule has 0 aliphatic carbocycles. The maximum absolute atomic E-state index is 12.9. The van der Waals surface area contributed by atoms with Crippen molar-refractivity contribution in [2.75, 3.05) is 26.8 Å². The summed E-state index contributed by atoms with van der Waals surface area (Å²) in [6, 6.07) is 13.2. The number of rotatable bonds is 8. The molecule has 3 rings (SSSR count). The van der Waals surface area contributed by atoms with Crippen LogP contribution in [-0.4, -0.2) is 43.5 Å². The Morgan fingerprint density at radius 1 is 1.14 bits per heavy atom. The molecule has 0 radical (unpaired) electrons. The summed E-state index contributed by atoms with van der Waals surface area (Å²) in [5.74, 6) is 0.520. The average Bonchev–Trinajstić information content (AvgIpc) is 3.08. The Morgan fingerprint density at radius 3 is 2.50 bits per heavy atom. The summed E-state index contributed by atoms with van der Waals surface area (Å²) < 4.78 is 23.7. The van der Waals surface area contributed by atoms with Gasteiger partial charge in [0.1, 0.15) is 23.9 Å². The monoisotopic (exact) mass is 386 g/mol. The lowest BCUT2D eigenvalue weighted by molar-refractivity contribution is -0.129. The maximum atomic E-state index is 12.9. The van der Waals surface area contributed by atoms with E-state index < -0.39 is 0 Å². The summed E-state index contributed by atoms with van der Waals surface area (Å²) in [5.41, 5.74) is 0.809. The van der Waals surface area contributed by atoms with Gasteiger partial charge in [-0.05, 0) is 42.0 Å². The summed E-state index contributed by atoms with van der Waals surface area (Å²) in [7, 11) is 1.60. The van der Waals surface area contributed by atoms with E-state index in [1.165, 1.54) is 12.1 Å². The zero-order valence-corrected chi connectivity index (χ0v) is 15.7. The fourth-order valence-electron chi connectivity index (χ4n) is 3.05. The van der Waals surface area contributed by atoms with Crippen LogP contribution in [-0.2, 0) is 16.1 Å². The first-order chi connectivity index (χ1) is 13.5. The van der Waals surface area contributed by atoms with E-state index in [9.17, 15) is 14.0 Å². The van der Waals surface area contributed by atoms with Crippen molar-refractivity contribution in [2.24, 2.45) is 5.92 Å². The van der Waals surface area contributed by atoms with Crippen molar-refractivity contribution in [3.63, 3.8) is 0 Å². The summed E-state index contributed by atoms with van der Waals surface area (Å²) in [4.78, 5) is 26.1. The molecule has 1 N–H and O–H groups in total. The van der Waals surface area contributed by atoms with Gasteiger partial charge in [0.2, 0.25) is 11.8 Å². The molecule has 0 bridgehead atoms. The van der Waals surface area contributed by atoms with Crippen LogP contribution in [0.2, 0.25) is 0 Å². The lowest BCUT2D eigenvalue weighted by Crippen LogP contribution is -2.34. The molecule has 1 atom stereocenters. The minimum Gasteiger partial charge on any atom is -0.497 e. The number of amides is 2. The van der Waals surface area contributed by atoms with Gasteiger partial charge in [-0.1, -0.05) is 12.1 Å². The van der Waals surface area contributed by atoms with Gasteiger partial charge < -0.3 is 19.7 Å². The standard InChI is InChI=1S/C21H23FN2O4/c1-27-18-6-8-19(9-7-18)28-11-10-24-14-16(12-20(24)25)21(26)23-13-15-2-4-17(22)5-3-15/h2-9,16H,10-14H2,1H3,(H,23,26). The molecule has 2 aromatic rings. The van der Waals surface area contributed by atoms with Crippen LogP contribution in [0.1, 0.15) is 12.0 Å². The molecule has 1 saturated heterocycles. The van der Waals surface area contributed by atoms with E-state index in [0.29, 0.717) is 32.0 Å². The van der Waals surface area contributed by atoms with Crippen LogP contribution < -0.4 is 14.8 Å². The Morgan fingerprint density at radius 2 is 1.82 bits per heavy atom. The van der Waals surface area contributed by atoms with E-state index in [1.54, 1.807) is 48.4 Å². The van der Waals surface area contributed by atoms with E-state index in [2.05, 4.69) is 5.32 Å². The van der Waals surface area contributed by atoms with Crippen LogP contribution in [0, 0.1) is 11.7 Å². The minimum absolute atomic E-state index is 0.0553. The van der Waals surface area contributed by atoms with Crippen LogP contribution in [0.4, 0.5) is 4.39 Å². The van der Waals surface area contributed by atoms with Gasteiger partial charge in [0, 0.05) is 19.5 Å². The number of carbonyl (C=O) groups excluding carboxylic acids is 2. The number of likely N-dealkylation sites (tertiary alicyclic amines) is 1. The number of ether oxygens (including phenoxy) is 2. The zero-order chi connectivity index (χ0) is 19.9. The minimum atomic E-state index is -0.381. The molecule has 1 heterocycles. The highest BCUT2D eigenvalue weighted by molar-refractivity contribution is 5.89. The number of methoxy groups -OCH3 is 1. The second-order valence-corrected chi connectivity index (χ2v) is 6.61. The van der Waals surface area contributed by atoms with Gasteiger partial charge in [0.05, 0.1) is 19.6 Å². The number of hydrogen-bond acceptors (Lipinski definition) is 4. The van der Waals surface area contributed by atoms with Crippen molar-refractivity contribution < 1.29 is 23.5 Å². The highest BCUT2D eigenvalue weighted by Crippen LogP contribution is 2.19. The highest BCUT2D eigenvalue weighted by atomic mass is 19.1. The van der Waals surface area contributed by atoms with Crippen molar-refractivity contribution in [2.45, 2.75) is 13.0 Å². The van der Waals surface area contributed by atoms with E-state index in [-0.39, 0.29) is 30.0 Å². The lowest BCUT2D eigenvalue weighted by Gasteiger charge is -2.17. The number of nitrogens with zero attached hydrogens (tertiary/aromatic N) is 1. The fraction of sp³-hybridized carbons (Fsp3) is 0.333. The molecule has 148 valence electrons. The predicted octanol–water partition coefficient (Wildman–Crippen LogP) is 2.38. The molecule has 1 aliphatic heterocycles. The highest BCUT2D eigenvalue weighted by Gasteiger charge is 2.33. The van der Waals surface area contributed by atoms with E-state index in [1.807, 2.05) is 0 Å². The first-order valence-corrected chi connectivity index (χ1v) is 9.12. The molecular formula is C21H23FN2O4. The molecule has 1 unspecified atom stereocenters. The van der Waals surface area contributed by atoms with E-state index >= 15 is 0 Å². The summed E-state index contributed by atoms with van der Waals surface area (Å²) in [6.45, 7) is 1.46. The molecule has 28 heavy (non-hydrogen) atoms. The Hall–Kier alpha value is -3.09. The number of carbonyl (C=O) groups is 2. The van der Waals surface area contributed by atoms with E-state index in [0.717, 1.165) is 11.3 Å². The molecule has 2 aromatic carbocycles. The second kappa shape index (κ2) is 9.21. The third-order valence-corrected chi connectivity index (χ3v) is 4.65. The van der Waals surface area contributed by atoms with Crippen LogP contribution in [0.25, 0.3) is 0 Å². The molecule has 0 spiro atoms. The summed E-state index contributed by atoms with van der Waals surface area (Å²) >= 11 is 0. The molecular weight excluding hydrogens is 363 g/mol. The van der Waals surface area contributed by atoms with Gasteiger partial charge in [0.15, 0.2) is 0 Å². The molecule has 1 fully saturated rings. The number of nitrogens with one attached hydrogen (secondary N) is 1. The molecule has 6 nitrogen and oxygen atoms in total. The van der Waals surface area contributed by atoms with Crippen molar-refractivity contribution in [1.29, 1.82) is 0 Å². The number of benzene rings is 2. The third-order valence-electron chi connectivity index (χ3n) is 4.65. The molecule has 0 saturated carbocycles. The average molecular weight is 386 g/mol. The SMILES string of the molecule is COc1ccc(OCCN2CC(C(=O)NCc3ccc(F)cc3)CC2=O)cc1. The summed E-state index contributed by atoms with van der Waals surface area (Å²) in [6.07, 6.45) is 0.192. The number of hydrogen-bond donors (Lipinski definition) is 1. The van der Waals surface area contributed by atoms with E-state index in [4.69, 9.17) is 9.47 Å². The van der Waals surface area contributed by atoms with Crippen LogP contribution >= 0.6 is 0 Å². The van der Waals surface area contributed by atoms with Gasteiger partial charge in [0.25, 0.3) is 0 Å². The van der Waals surface area contributed by atoms with Gasteiger partial charge in [-0.3, -0.25) is 9.59 Å². The zero-order valence-electron chi connectivity index (χ0n) is 15.7. The Balaban J connectivity index is 1.42. The second-order valence-electron chi connectivity index (χ2n) is 6.61. The summed E-state index contributed by atoms with van der Waals surface area (Å²) in [5, 5.41) is 2.81. The fourth-order valence-corrected chi connectivity index (χ4v) is 3.05. The van der Waals surface area contributed by atoms with Gasteiger partial charge >= 0.3 is 0 Å². The first kappa shape index (κ1) is 19.7. The van der Waals surface area contributed by atoms with Crippen LogP contribution in [0.15, 0.2) is 48.5 Å². The maximum Gasteiger partial charge on any atom is 0.225 e. The Bertz CT molecular complexity index is 808. The van der Waals surface area contributed by atoms with Crippen molar-refractivity contribution >= 4 is 11.8 Å². The van der Waals surface area contributed by atoms with Crippen molar-refractivity contribution in [3.8, 4) is 11.5 Å². The van der Waals surface area contributed by atoms with Gasteiger partial charge in [-0.2, -0.15) is 0 Å². The molecule has 0 aromatic heterocycles. The lowest BCUT2D eigenvalue weighted by atomic mass is 10.1. The van der Waals surface area contributed by atoms with Crippen LogP contribution in [0.3, 0.4) is 0 Å². The van der Waals surface area contributed by atoms with Crippen LogP contribution in [0.5, 0.6) is 11.5 Å². The normalized spacial score (nSPS) is 16.1. The van der Waals surface area contributed by atoms with Gasteiger partial charge in [-0.25, -0.2) is 4.39 Å². The topological polar surface area (TPSA) is 67.9 Å². The molecule has 2 amide bonds. The number of halogens is 1. The Kier molecular flexibility index (Phi) is 6.47.